The second-order valence-electron chi connectivity index (χ2n) is 4.88. The van der Waals surface area contributed by atoms with Crippen LogP contribution in [-0.4, -0.2) is 48.7 Å². The zero-order chi connectivity index (χ0) is 16.3. The van der Waals surface area contributed by atoms with E-state index in [-0.39, 0.29) is 36.9 Å². The number of ether oxygens (including phenoxy) is 1. The number of aliphatic hydroxyl groups is 1. The third-order valence-electron chi connectivity index (χ3n) is 3.39. The van der Waals surface area contributed by atoms with Crippen molar-refractivity contribution in [2.24, 2.45) is 0 Å². The topological polar surface area (TPSA) is 78.9 Å². The van der Waals surface area contributed by atoms with Gasteiger partial charge in [-0.2, -0.15) is 0 Å². The van der Waals surface area contributed by atoms with Gasteiger partial charge in [-0.05, 0) is 47.2 Å². The van der Waals surface area contributed by atoms with Crippen molar-refractivity contribution in [1.82, 2.24) is 4.90 Å². The van der Waals surface area contributed by atoms with Crippen LogP contribution in [0.25, 0.3) is 0 Å². The Hall–Kier alpha value is -1.61. The molecule has 1 amide bonds. The number of hydrogen-bond donors (Lipinski definition) is 2. The number of β-amino-alcohol motifs (C(OH)–C–C–N with tert-alkyl or cyclic N) is 1. The fourth-order valence-electron chi connectivity index (χ4n) is 2.16. The summed E-state index contributed by atoms with van der Waals surface area (Å²) in [5.74, 6) is -0.858. The number of halogens is 1. The van der Waals surface area contributed by atoms with Gasteiger partial charge in [0.25, 0.3) is 5.91 Å². The number of rotatable bonds is 5. The highest BCUT2D eigenvalue weighted by atomic mass is 127. The number of aryl methyl sites for hydroxylation is 1. The maximum Gasteiger partial charge on any atom is 0.337 e. The molecule has 2 N–H and O–H groups in total. The second-order valence-corrected chi connectivity index (χ2v) is 6.05. The Morgan fingerprint density at radius 3 is 2.82 bits per heavy atom. The van der Waals surface area contributed by atoms with Crippen molar-refractivity contribution in [1.29, 1.82) is 0 Å². The van der Waals surface area contributed by atoms with E-state index in [1.165, 1.54) is 12.0 Å². The minimum atomic E-state index is -0.543. The number of anilines is 1. The highest BCUT2D eigenvalue weighted by Gasteiger charge is 2.34. The normalized spacial score (nSPS) is 14.5. The van der Waals surface area contributed by atoms with Gasteiger partial charge < -0.3 is 20.1 Å². The van der Waals surface area contributed by atoms with Gasteiger partial charge in [-0.3, -0.25) is 4.79 Å². The first kappa shape index (κ1) is 16.8. The van der Waals surface area contributed by atoms with Gasteiger partial charge >= 0.3 is 5.97 Å². The van der Waals surface area contributed by atoms with Crippen molar-refractivity contribution in [2.45, 2.75) is 6.92 Å². The van der Waals surface area contributed by atoms with E-state index in [1.54, 1.807) is 0 Å². The predicted molar refractivity (Wildman–Crippen MR) is 90.2 cm³/mol. The molecule has 1 aliphatic heterocycles. The van der Waals surface area contributed by atoms with Crippen molar-refractivity contribution in [3.05, 3.63) is 38.6 Å². The average molecular weight is 416 g/mol. The lowest BCUT2D eigenvalue weighted by molar-refractivity contribution is -0.136. The van der Waals surface area contributed by atoms with Crippen molar-refractivity contribution < 1.29 is 19.4 Å². The summed E-state index contributed by atoms with van der Waals surface area (Å²) in [7, 11) is 1.28. The first-order valence-corrected chi connectivity index (χ1v) is 7.80. The van der Waals surface area contributed by atoms with Crippen LogP contribution in [0, 0.1) is 10.5 Å². The molecular weight excluding hydrogens is 399 g/mol. The summed E-state index contributed by atoms with van der Waals surface area (Å²) in [5, 5.41) is 12.0. The van der Waals surface area contributed by atoms with E-state index < -0.39 is 5.97 Å². The third-order valence-corrected chi connectivity index (χ3v) is 4.56. The van der Waals surface area contributed by atoms with Crippen LogP contribution in [0.15, 0.2) is 29.5 Å². The molecule has 0 saturated heterocycles. The second kappa shape index (κ2) is 7.10. The van der Waals surface area contributed by atoms with Gasteiger partial charge in [-0.1, -0.05) is 6.07 Å². The molecule has 1 aromatic rings. The Balaban J connectivity index is 2.32. The van der Waals surface area contributed by atoms with E-state index in [9.17, 15) is 9.59 Å². The average Bonchev–Trinajstić information content (AvgIpc) is 2.80. The highest BCUT2D eigenvalue weighted by molar-refractivity contribution is 14.1. The number of amides is 1. The number of carbonyl (C=O) groups is 2. The molecular formula is C15H17IN2O4. The van der Waals surface area contributed by atoms with Gasteiger partial charge in [-0.15, -0.1) is 0 Å². The number of esters is 1. The van der Waals surface area contributed by atoms with Gasteiger partial charge in [0.2, 0.25) is 0 Å². The molecule has 0 bridgehead atoms. The van der Waals surface area contributed by atoms with Crippen LogP contribution >= 0.6 is 22.6 Å². The first-order chi connectivity index (χ1) is 10.5. The summed E-state index contributed by atoms with van der Waals surface area (Å²) in [6, 6.07) is 5.69. The SMILES string of the molecule is COC(=O)C1=C(Nc2ccc(C)c(I)c2)C(=O)N(CCO)C1. The van der Waals surface area contributed by atoms with Gasteiger partial charge in [0, 0.05) is 15.8 Å². The van der Waals surface area contributed by atoms with Crippen molar-refractivity contribution in [2.75, 3.05) is 32.1 Å². The van der Waals surface area contributed by atoms with Crippen LogP contribution in [0.1, 0.15) is 5.56 Å². The lowest BCUT2D eigenvalue weighted by Crippen LogP contribution is -2.31. The Bertz CT molecular complexity index is 642. The van der Waals surface area contributed by atoms with Crippen LogP contribution in [0.2, 0.25) is 0 Å². The van der Waals surface area contributed by atoms with Crippen LogP contribution in [0.5, 0.6) is 0 Å². The van der Waals surface area contributed by atoms with E-state index in [1.807, 2.05) is 25.1 Å². The largest absolute Gasteiger partial charge is 0.466 e. The minimum Gasteiger partial charge on any atom is -0.466 e. The summed E-state index contributed by atoms with van der Waals surface area (Å²) < 4.78 is 5.80. The zero-order valence-corrected chi connectivity index (χ0v) is 14.5. The molecule has 0 atom stereocenters. The number of methoxy groups -OCH3 is 1. The van der Waals surface area contributed by atoms with E-state index >= 15 is 0 Å². The molecule has 1 heterocycles. The molecule has 1 aromatic carbocycles. The molecule has 22 heavy (non-hydrogen) atoms. The molecule has 0 radical (unpaired) electrons. The quantitative estimate of drug-likeness (QED) is 0.559. The maximum absolute atomic E-state index is 12.4. The summed E-state index contributed by atoms with van der Waals surface area (Å²) in [6.45, 7) is 2.15. The molecule has 0 saturated carbocycles. The Labute approximate surface area is 142 Å². The van der Waals surface area contributed by atoms with Crippen LogP contribution < -0.4 is 5.32 Å². The highest BCUT2D eigenvalue weighted by Crippen LogP contribution is 2.24. The molecule has 0 fully saturated rings. The van der Waals surface area contributed by atoms with Crippen LogP contribution in [0.3, 0.4) is 0 Å². The number of aliphatic hydroxyl groups excluding tert-OH is 1. The third kappa shape index (κ3) is 3.41. The minimum absolute atomic E-state index is 0.136. The fraction of sp³-hybridized carbons (Fsp3) is 0.333. The Morgan fingerprint density at radius 2 is 2.23 bits per heavy atom. The monoisotopic (exact) mass is 416 g/mol. The zero-order valence-electron chi connectivity index (χ0n) is 12.4. The van der Waals surface area contributed by atoms with E-state index in [0.717, 1.165) is 14.8 Å². The molecule has 6 nitrogen and oxygen atoms in total. The molecule has 7 heteroatoms. The predicted octanol–water partition coefficient (Wildman–Crippen LogP) is 1.27. The van der Waals surface area contributed by atoms with E-state index in [2.05, 4.69) is 27.9 Å². The van der Waals surface area contributed by atoms with Gasteiger partial charge in [-0.25, -0.2) is 4.79 Å². The van der Waals surface area contributed by atoms with Crippen molar-refractivity contribution >= 4 is 40.2 Å². The fourth-order valence-corrected chi connectivity index (χ4v) is 2.68. The number of nitrogens with zero attached hydrogens (tertiary/aromatic N) is 1. The number of hydrogen-bond acceptors (Lipinski definition) is 5. The van der Waals surface area contributed by atoms with Crippen LogP contribution in [0.4, 0.5) is 5.69 Å². The molecule has 1 aliphatic rings. The molecule has 2 rings (SSSR count). The first-order valence-electron chi connectivity index (χ1n) is 6.72. The lowest BCUT2D eigenvalue weighted by atomic mass is 10.2. The number of nitrogens with one attached hydrogen (secondary N) is 1. The van der Waals surface area contributed by atoms with Crippen LogP contribution in [-0.2, 0) is 14.3 Å². The van der Waals surface area contributed by atoms with E-state index in [0.29, 0.717) is 0 Å². The van der Waals surface area contributed by atoms with Gasteiger partial charge in [0.05, 0.1) is 25.8 Å². The standard InChI is InChI=1S/C15H17IN2O4/c1-9-3-4-10(7-12(9)16)17-13-11(15(21)22-2)8-18(5-6-19)14(13)20/h3-4,7,17,19H,5-6,8H2,1-2H3. The van der Waals surface area contributed by atoms with Crippen molar-refractivity contribution in [3.63, 3.8) is 0 Å². The van der Waals surface area contributed by atoms with Gasteiger partial charge in [0.1, 0.15) is 5.70 Å². The smallest absolute Gasteiger partial charge is 0.337 e. The molecule has 0 aliphatic carbocycles. The number of benzene rings is 1. The Morgan fingerprint density at radius 1 is 1.50 bits per heavy atom. The summed E-state index contributed by atoms with van der Waals surface area (Å²) >= 11 is 2.21. The maximum atomic E-state index is 12.4. The van der Waals surface area contributed by atoms with E-state index in [4.69, 9.17) is 9.84 Å². The molecule has 0 aromatic heterocycles. The molecule has 118 valence electrons. The summed E-state index contributed by atoms with van der Waals surface area (Å²) in [4.78, 5) is 25.6. The molecule has 0 unspecified atom stereocenters. The summed E-state index contributed by atoms with van der Waals surface area (Å²) in [5.41, 5.74) is 2.34. The van der Waals surface area contributed by atoms with Gasteiger partial charge in [0.15, 0.2) is 0 Å². The lowest BCUT2D eigenvalue weighted by Gasteiger charge is -2.15. The number of carbonyl (C=O) groups excluding carboxylic acids is 2. The Kier molecular flexibility index (Phi) is 5.41. The van der Waals surface area contributed by atoms with Crippen molar-refractivity contribution in [3.8, 4) is 0 Å². The molecule has 0 spiro atoms. The summed E-state index contributed by atoms with van der Waals surface area (Å²) in [6.07, 6.45) is 0.